The molecule has 0 N–H and O–H groups in total. The number of rotatable bonds is 6. The van der Waals surface area contributed by atoms with Crippen molar-refractivity contribution in [2.75, 3.05) is 13.7 Å². The number of methoxy groups -OCH3 is 1. The van der Waals surface area contributed by atoms with E-state index in [0.717, 1.165) is 29.7 Å². The third-order valence-electron chi connectivity index (χ3n) is 4.46. The average Bonchev–Trinajstić information content (AvgIpc) is 3.08. The minimum absolute atomic E-state index is 0.162. The third-order valence-corrected chi connectivity index (χ3v) is 4.46. The quantitative estimate of drug-likeness (QED) is 0.247. The minimum Gasteiger partial charge on any atom is -0.490 e. The number of carbonyl (C=O) groups is 2. The monoisotopic (exact) mass is 436 g/mol. The summed E-state index contributed by atoms with van der Waals surface area (Å²) >= 11 is 0. The first-order chi connectivity index (χ1) is 14.6. The lowest BCUT2D eigenvalue weighted by molar-refractivity contribution is -0.385. The molecule has 0 aliphatic carbocycles. The van der Waals surface area contributed by atoms with Crippen LogP contribution in [0.3, 0.4) is 0 Å². The van der Waals surface area contributed by atoms with E-state index in [1.165, 1.54) is 31.3 Å². The number of halogens is 3. The van der Waals surface area contributed by atoms with Gasteiger partial charge in [0.05, 0.1) is 29.7 Å². The van der Waals surface area contributed by atoms with Gasteiger partial charge in [0.2, 0.25) is 5.78 Å². The SMILES string of the molecule is CCOC(=O)c1c(C(F)(F)F)c(C(=O)c2ccc([N+](=O)[O-])c(OC)c2)n2ccccc12. The molecule has 0 fully saturated rings. The highest BCUT2D eigenvalue weighted by Gasteiger charge is 2.44. The molecule has 0 saturated carbocycles. The molecule has 0 radical (unpaired) electrons. The molecule has 31 heavy (non-hydrogen) atoms. The van der Waals surface area contributed by atoms with Crippen LogP contribution in [0.1, 0.15) is 38.9 Å². The number of ether oxygens (including phenoxy) is 2. The molecule has 1 aromatic carbocycles. The van der Waals surface area contributed by atoms with Crippen LogP contribution in [0, 0.1) is 10.1 Å². The molecule has 3 rings (SSSR count). The zero-order valence-electron chi connectivity index (χ0n) is 16.2. The van der Waals surface area contributed by atoms with Crippen molar-refractivity contribution in [1.82, 2.24) is 4.40 Å². The Balaban J connectivity index is 2.33. The van der Waals surface area contributed by atoms with Crippen molar-refractivity contribution < 1.29 is 37.2 Å². The number of fused-ring (bicyclic) bond motifs is 1. The van der Waals surface area contributed by atoms with E-state index in [1.54, 1.807) is 0 Å². The zero-order valence-corrected chi connectivity index (χ0v) is 16.2. The second-order valence-electron chi connectivity index (χ2n) is 6.25. The van der Waals surface area contributed by atoms with Crippen LogP contribution in [0.2, 0.25) is 0 Å². The van der Waals surface area contributed by atoms with Crippen LogP contribution >= 0.6 is 0 Å². The lowest BCUT2D eigenvalue weighted by atomic mass is 10.0. The number of benzene rings is 1. The summed E-state index contributed by atoms with van der Waals surface area (Å²) in [5.41, 5.74) is -3.95. The van der Waals surface area contributed by atoms with Gasteiger partial charge in [-0.1, -0.05) is 6.07 Å². The number of esters is 1. The molecular weight excluding hydrogens is 421 g/mol. The highest BCUT2D eigenvalue weighted by atomic mass is 19.4. The van der Waals surface area contributed by atoms with Gasteiger partial charge in [-0.25, -0.2) is 4.79 Å². The molecule has 2 heterocycles. The van der Waals surface area contributed by atoms with Gasteiger partial charge in [-0.15, -0.1) is 0 Å². The second-order valence-corrected chi connectivity index (χ2v) is 6.25. The number of carbonyl (C=O) groups excluding carboxylic acids is 2. The fourth-order valence-corrected chi connectivity index (χ4v) is 3.22. The lowest BCUT2D eigenvalue weighted by Crippen LogP contribution is -2.18. The lowest BCUT2D eigenvalue weighted by Gasteiger charge is -2.11. The molecule has 3 aromatic rings. The Bertz CT molecular complexity index is 1200. The van der Waals surface area contributed by atoms with Gasteiger partial charge >= 0.3 is 17.8 Å². The maximum atomic E-state index is 14.1. The van der Waals surface area contributed by atoms with Crippen LogP contribution in [0.25, 0.3) is 5.52 Å². The summed E-state index contributed by atoms with van der Waals surface area (Å²) in [5.74, 6) is -2.62. The minimum atomic E-state index is -5.07. The molecule has 0 unspecified atom stereocenters. The number of hydrogen-bond donors (Lipinski definition) is 0. The van der Waals surface area contributed by atoms with E-state index < -0.39 is 45.4 Å². The summed E-state index contributed by atoms with van der Waals surface area (Å²) in [6.07, 6.45) is -3.85. The Hall–Kier alpha value is -3.89. The van der Waals surface area contributed by atoms with E-state index in [4.69, 9.17) is 9.47 Å². The Morgan fingerprint density at radius 3 is 2.48 bits per heavy atom. The topological polar surface area (TPSA) is 100 Å². The van der Waals surface area contributed by atoms with Crippen molar-refractivity contribution in [2.24, 2.45) is 0 Å². The predicted molar refractivity (Wildman–Crippen MR) is 101 cm³/mol. The van der Waals surface area contributed by atoms with Crippen molar-refractivity contribution in [1.29, 1.82) is 0 Å². The summed E-state index contributed by atoms with van der Waals surface area (Å²) in [7, 11) is 1.13. The summed E-state index contributed by atoms with van der Waals surface area (Å²) in [6, 6.07) is 7.04. The normalized spacial score (nSPS) is 11.4. The molecule has 0 bridgehead atoms. The molecule has 0 amide bonds. The molecule has 0 atom stereocenters. The maximum absolute atomic E-state index is 14.1. The highest BCUT2D eigenvalue weighted by Crippen LogP contribution is 2.40. The Labute approximate surface area is 172 Å². The number of nitro benzene ring substituents is 1. The molecule has 0 aliphatic rings. The van der Waals surface area contributed by atoms with Gasteiger partial charge in [-0.2, -0.15) is 13.2 Å². The molecule has 0 aliphatic heterocycles. The number of alkyl halides is 3. The second kappa shape index (κ2) is 8.09. The fraction of sp³-hybridized carbons (Fsp3) is 0.200. The number of nitrogens with zero attached hydrogens (tertiary/aromatic N) is 2. The molecule has 11 heteroatoms. The standard InChI is InChI=1S/C20H15F3N2O6/c1-3-31-19(27)15-13-6-4-5-9-24(13)17(16(15)20(21,22)23)18(26)11-7-8-12(25(28)29)14(10-11)30-2/h4-10H,3H2,1-2H3. The Morgan fingerprint density at radius 2 is 1.90 bits per heavy atom. The highest BCUT2D eigenvalue weighted by molar-refractivity contribution is 6.13. The number of hydrogen-bond acceptors (Lipinski definition) is 6. The van der Waals surface area contributed by atoms with E-state index in [2.05, 4.69) is 0 Å². The van der Waals surface area contributed by atoms with Gasteiger partial charge in [0.15, 0.2) is 5.75 Å². The number of nitro groups is 1. The molecule has 0 spiro atoms. The van der Waals surface area contributed by atoms with Crippen molar-refractivity contribution >= 4 is 23.0 Å². The first kappa shape index (κ1) is 21.8. The molecule has 0 saturated heterocycles. The Kier molecular flexibility index (Phi) is 5.69. The first-order valence-corrected chi connectivity index (χ1v) is 8.86. The van der Waals surface area contributed by atoms with Crippen LogP contribution < -0.4 is 4.74 Å². The van der Waals surface area contributed by atoms with Gasteiger partial charge < -0.3 is 13.9 Å². The van der Waals surface area contributed by atoms with Crippen LogP contribution in [-0.4, -0.2) is 34.8 Å². The molecular formula is C20H15F3N2O6. The van der Waals surface area contributed by atoms with Crippen molar-refractivity contribution in [3.05, 3.63) is 75.1 Å². The maximum Gasteiger partial charge on any atom is 0.419 e. The van der Waals surface area contributed by atoms with Gasteiger partial charge in [0, 0.05) is 17.8 Å². The van der Waals surface area contributed by atoms with Gasteiger partial charge in [-0.05, 0) is 31.2 Å². The van der Waals surface area contributed by atoms with E-state index in [-0.39, 0.29) is 23.4 Å². The van der Waals surface area contributed by atoms with Crippen LogP contribution in [-0.2, 0) is 10.9 Å². The Morgan fingerprint density at radius 1 is 1.19 bits per heavy atom. The van der Waals surface area contributed by atoms with Crippen molar-refractivity contribution in [3.63, 3.8) is 0 Å². The fourth-order valence-electron chi connectivity index (χ4n) is 3.22. The smallest absolute Gasteiger partial charge is 0.419 e. The number of aromatic nitrogens is 1. The van der Waals surface area contributed by atoms with E-state index in [1.807, 2.05) is 0 Å². The van der Waals surface area contributed by atoms with Gasteiger partial charge in [-0.3, -0.25) is 14.9 Å². The van der Waals surface area contributed by atoms with Crippen LogP contribution in [0.4, 0.5) is 18.9 Å². The van der Waals surface area contributed by atoms with E-state index >= 15 is 0 Å². The average molecular weight is 436 g/mol. The first-order valence-electron chi connectivity index (χ1n) is 8.86. The zero-order chi connectivity index (χ0) is 22.9. The van der Waals surface area contributed by atoms with Gasteiger partial charge in [0.1, 0.15) is 11.3 Å². The van der Waals surface area contributed by atoms with E-state index in [0.29, 0.717) is 0 Å². The van der Waals surface area contributed by atoms with Crippen LogP contribution in [0.15, 0.2) is 42.6 Å². The molecule has 8 nitrogen and oxygen atoms in total. The van der Waals surface area contributed by atoms with Gasteiger partial charge in [0.25, 0.3) is 0 Å². The predicted octanol–water partition coefficient (Wildman–Crippen LogP) is 4.28. The number of ketones is 1. The summed E-state index contributed by atoms with van der Waals surface area (Å²) in [6.45, 7) is 1.28. The summed E-state index contributed by atoms with van der Waals surface area (Å²) in [4.78, 5) is 35.9. The summed E-state index contributed by atoms with van der Waals surface area (Å²) in [5, 5.41) is 11.1. The largest absolute Gasteiger partial charge is 0.490 e. The summed E-state index contributed by atoms with van der Waals surface area (Å²) < 4.78 is 52.8. The number of pyridine rings is 1. The van der Waals surface area contributed by atoms with Crippen molar-refractivity contribution in [2.45, 2.75) is 13.1 Å². The molecule has 162 valence electrons. The van der Waals surface area contributed by atoms with Crippen molar-refractivity contribution in [3.8, 4) is 5.75 Å². The van der Waals surface area contributed by atoms with Crippen LogP contribution in [0.5, 0.6) is 5.75 Å². The third kappa shape index (κ3) is 3.81. The van der Waals surface area contributed by atoms with E-state index in [9.17, 15) is 32.9 Å². The molecule has 2 aromatic heterocycles.